The topological polar surface area (TPSA) is 74.9 Å². The van der Waals surface area contributed by atoms with Crippen molar-refractivity contribution >= 4 is 5.82 Å². The quantitative estimate of drug-likeness (QED) is 0.716. The number of aromatic nitrogens is 2. The van der Waals surface area contributed by atoms with E-state index < -0.39 is 6.10 Å². The molecule has 0 aliphatic heterocycles. The molecule has 2 rings (SSSR count). The van der Waals surface area contributed by atoms with Crippen LogP contribution in [-0.2, 0) is 0 Å². The van der Waals surface area contributed by atoms with E-state index in [0.29, 0.717) is 11.4 Å². The van der Waals surface area contributed by atoms with Gasteiger partial charge >= 0.3 is 0 Å². The molecule has 16 heavy (non-hydrogen) atoms. The summed E-state index contributed by atoms with van der Waals surface area (Å²) in [4.78, 5) is 0. The van der Waals surface area contributed by atoms with Crippen molar-refractivity contribution < 1.29 is 5.11 Å². The number of nitrogens with one attached hydrogen (secondary N) is 1. The maximum absolute atomic E-state index is 10.1. The van der Waals surface area contributed by atoms with Crippen LogP contribution in [0.25, 0.3) is 0 Å². The Labute approximate surface area is 94.1 Å². The number of nitrogens with zero attached hydrogens (tertiary/aromatic N) is 1. The first-order chi connectivity index (χ1) is 7.59. The zero-order valence-corrected chi connectivity index (χ0v) is 9.36. The van der Waals surface area contributed by atoms with Gasteiger partial charge in [-0.1, -0.05) is 18.2 Å². The fourth-order valence-corrected chi connectivity index (χ4v) is 1.64. The Morgan fingerprint density at radius 3 is 2.62 bits per heavy atom. The second-order valence-corrected chi connectivity index (χ2v) is 3.99. The number of aliphatic hydroxyl groups is 1. The molecule has 1 aromatic carbocycles. The second kappa shape index (κ2) is 3.98. The van der Waals surface area contributed by atoms with Crippen LogP contribution in [0.15, 0.2) is 24.4 Å². The summed E-state index contributed by atoms with van der Waals surface area (Å²) >= 11 is 0. The first-order valence-corrected chi connectivity index (χ1v) is 5.13. The minimum absolute atomic E-state index is 0.408. The minimum Gasteiger partial charge on any atom is -0.384 e. The lowest BCUT2D eigenvalue weighted by Gasteiger charge is -2.11. The second-order valence-electron chi connectivity index (χ2n) is 3.99. The third-order valence-electron chi connectivity index (χ3n) is 2.84. The predicted molar refractivity (Wildman–Crippen MR) is 63.0 cm³/mol. The van der Waals surface area contributed by atoms with Crippen LogP contribution in [0.4, 0.5) is 5.82 Å². The number of nitrogen functional groups attached to an aromatic ring is 1. The standard InChI is InChI=1S/C12H15N3O/c1-7-3-4-9(5-8(7)2)11(16)10-6-14-15-12(10)13/h3-6,11,16H,1-2H3,(H3,13,14,15). The van der Waals surface area contributed by atoms with E-state index in [1.807, 2.05) is 32.0 Å². The van der Waals surface area contributed by atoms with Gasteiger partial charge in [-0.3, -0.25) is 5.10 Å². The van der Waals surface area contributed by atoms with Gasteiger partial charge in [-0.05, 0) is 30.5 Å². The lowest BCUT2D eigenvalue weighted by atomic mass is 9.99. The smallest absolute Gasteiger partial charge is 0.125 e. The molecule has 1 atom stereocenters. The Bertz CT molecular complexity index is 505. The molecule has 4 heteroatoms. The van der Waals surface area contributed by atoms with Crippen LogP contribution in [0, 0.1) is 13.8 Å². The number of H-pyrrole nitrogens is 1. The molecule has 0 aliphatic carbocycles. The molecule has 2 aromatic rings. The Hall–Kier alpha value is -1.81. The van der Waals surface area contributed by atoms with Crippen LogP contribution < -0.4 is 5.73 Å². The maximum atomic E-state index is 10.1. The van der Waals surface area contributed by atoms with Crippen LogP contribution >= 0.6 is 0 Å². The highest BCUT2D eigenvalue weighted by Crippen LogP contribution is 2.26. The summed E-state index contributed by atoms with van der Waals surface area (Å²) in [7, 11) is 0. The van der Waals surface area contributed by atoms with Crippen molar-refractivity contribution in [3.8, 4) is 0 Å². The van der Waals surface area contributed by atoms with Crippen molar-refractivity contribution in [2.24, 2.45) is 0 Å². The molecule has 1 aromatic heterocycles. The summed E-state index contributed by atoms with van der Waals surface area (Å²) in [5, 5.41) is 16.5. The SMILES string of the molecule is Cc1ccc(C(O)c2cn[nH]c2N)cc1C. The average Bonchev–Trinajstić information content (AvgIpc) is 2.67. The molecule has 0 saturated heterocycles. The minimum atomic E-state index is -0.724. The molecular weight excluding hydrogens is 202 g/mol. The Morgan fingerprint density at radius 1 is 1.31 bits per heavy atom. The Kier molecular flexibility index (Phi) is 2.66. The number of nitrogens with two attached hydrogens (primary N) is 1. The highest BCUT2D eigenvalue weighted by Gasteiger charge is 2.15. The van der Waals surface area contributed by atoms with Gasteiger partial charge in [0.25, 0.3) is 0 Å². The number of aliphatic hydroxyl groups excluding tert-OH is 1. The number of rotatable bonds is 2. The summed E-state index contributed by atoms with van der Waals surface area (Å²) in [6.07, 6.45) is 0.827. The number of benzene rings is 1. The van der Waals surface area contributed by atoms with Gasteiger partial charge in [-0.2, -0.15) is 5.10 Å². The summed E-state index contributed by atoms with van der Waals surface area (Å²) in [5.41, 5.74) is 9.47. The first-order valence-electron chi connectivity index (χ1n) is 5.13. The number of anilines is 1. The zero-order chi connectivity index (χ0) is 11.7. The van der Waals surface area contributed by atoms with E-state index in [1.54, 1.807) is 6.20 Å². The largest absolute Gasteiger partial charge is 0.384 e. The number of aryl methyl sites for hydroxylation is 2. The van der Waals surface area contributed by atoms with Gasteiger partial charge in [-0.15, -0.1) is 0 Å². The highest BCUT2D eigenvalue weighted by molar-refractivity contribution is 5.44. The van der Waals surface area contributed by atoms with Gasteiger partial charge in [0.2, 0.25) is 0 Å². The Morgan fingerprint density at radius 2 is 2.06 bits per heavy atom. The van der Waals surface area contributed by atoms with Gasteiger partial charge in [0.1, 0.15) is 11.9 Å². The first kappa shape index (κ1) is 10.7. The number of hydrogen-bond donors (Lipinski definition) is 3. The maximum Gasteiger partial charge on any atom is 0.125 e. The third kappa shape index (κ3) is 1.79. The van der Waals surface area contributed by atoms with Gasteiger partial charge < -0.3 is 10.8 Å². The van der Waals surface area contributed by atoms with E-state index in [9.17, 15) is 5.11 Å². The van der Waals surface area contributed by atoms with E-state index in [0.717, 1.165) is 11.1 Å². The summed E-state index contributed by atoms with van der Waals surface area (Å²) in [6.45, 7) is 4.06. The van der Waals surface area contributed by atoms with E-state index in [1.165, 1.54) is 5.56 Å². The van der Waals surface area contributed by atoms with Crippen molar-refractivity contribution in [2.45, 2.75) is 20.0 Å². The lowest BCUT2D eigenvalue weighted by molar-refractivity contribution is 0.221. The molecule has 0 radical (unpaired) electrons. The van der Waals surface area contributed by atoms with Crippen molar-refractivity contribution in [3.05, 3.63) is 46.6 Å². The summed E-state index contributed by atoms with van der Waals surface area (Å²) in [6, 6.07) is 5.86. The molecule has 84 valence electrons. The van der Waals surface area contributed by atoms with Gasteiger partial charge in [0.05, 0.1) is 6.20 Å². The van der Waals surface area contributed by atoms with Gasteiger partial charge in [0, 0.05) is 5.56 Å². The van der Waals surface area contributed by atoms with E-state index >= 15 is 0 Å². The predicted octanol–water partition coefficient (Wildman–Crippen LogP) is 1.69. The summed E-state index contributed by atoms with van der Waals surface area (Å²) in [5.74, 6) is 0.408. The molecule has 0 fully saturated rings. The monoisotopic (exact) mass is 217 g/mol. The number of hydrogen-bond acceptors (Lipinski definition) is 3. The van der Waals surface area contributed by atoms with E-state index in [-0.39, 0.29) is 0 Å². The zero-order valence-electron chi connectivity index (χ0n) is 9.36. The van der Waals surface area contributed by atoms with Crippen molar-refractivity contribution in [1.29, 1.82) is 0 Å². The molecule has 4 N–H and O–H groups in total. The van der Waals surface area contributed by atoms with Gasteiger partial charge in [-0.25, -0.2) is 0 Å². The molecule has 0 aliphatic rings. The highest BCUT2D eigenvalue weighted by atomic mass is 16.3. The molecule has 1 heterocycles. The van der Waals surface area contributed by atoms with Crippen LogP contribution in [0.1, 0.15) is 28.4 Å². The fourth-order valence-electron chi connectivity index (χ4n) is 1.64. The Balaban J connectivity index is 2.38. The third-order valence-corrected chi connectivity index (χ3v) is 2.84. The fraction of sp³-hybridized carbons (Fsp3) is 0.250. The lowest BCUT2D eigenvalue weighted by Crippen LogP contribution is -2.02. The van der Waals surface area contributed by atoms with Crippen LogP contribution in [0.3, 0.4) is 0 Å². The molecule has 4 nitrogen and oxygen atoms in total. The molecular formula is C12H15N3O. The molecule has 0 saturated carbocycles. The molecule has 0 spiro atoms. The molecule has 1 unspecified atom stereocenters. The molecule has 0 amide bonds. The van der Waals surface area contributed by atoms with E-state index in [2.05, 4.69) is 10.2 Å². The van der Waals surface area contributed by atoms with Crippen LogP contribution in [-0.4, -0.2) is 15.3 Å². The number of aromatic amines is 1. The van der Waals surface area contributed by atoms with Gasteiger partial charge in [0.15, 0.2) is 0 Å². The van der Waals surface area contributed by atoms with Crippen LogP contribution in [0.2, 0.25) is 0 Å². The van der Waals surface area contributed by atoms with Crippen molar-refractivity contribution in [2.75, 3.05) is 5.73 Å². The van der Waals surface area contributed by atoms with Crippen LogP contribution in [0.5, 0.6) is 0 Å². The van der Waals surface area contributed by atoms with E-state index in [4.69, 9.17) is 5.73 Å². The van der Waals surface area contributed by atoms with Crippen molar-refractivity contribution in [3.63, 3.8) is 0 Å². The van der Waals surface area contributed by atoms with Crippen molar-refractivity contribution in [1.82, 2.24) is 10.2 Å². The average molecular weight is 217 g/mol. The normalized spacial score (nSPS) is 12.7. The summed E-state index contributed by atoms with van der Waals surface area (Å²) < 4.78 is 0. The molecule has 0 bridgehead atoms.